The number of aromatic nitrogens is 1. The number of alkyl halides is 1. The third-order valence-corrected chi connectivity index (χ3v) is 4.66. The van der Waals surface area contributed by atoms with E-state index in [0.717, 1.165) is 53.2 Å². The van der Waals surface area contributed by atoms with Gasteiger partial charge in [0.2, 0.25) is 0 Å². The number of nitrogens with zero attached hydrogens (tertiary/aromatic N) is 1. The molecule has 4 nitrogen and oxygen atoms in total. The Morgan fingerprint density at radius 2 is 2.04 bits per heavy atom. The Labute approximate surface area is 153 Å². The van der Waals surface area contributed by atoms with Crippen LogP contribution in [0.1, 0.15) is 18.4 Å². The van der Waals surface area contributed by atoms with Crippen molar-refractivity contribution in [1.82, 2.24) is 10.3 Å². The van der Waals surface area contributed by atoms with Crippen LogP contribution in [0.4, 0.5) is 10.1 Å². The largest absolute Gasteiger partial charge is 0.404 e. The average Bonchev–Trinajstić information content (AvgIpc) is 2.69. The second-order valence-electron chi connectivity index (χ2n) is 6.48. The Morgan fingerprint density at radius 3 is 2.73 bits per heavy atom. The summed E-state index contributed by atoms with van der Waals surface area (Å²) in [4.78, 5) is 4.16. The van der Waals surface area contributed by atoms with Gasteiger partial charge in [-0.2, -0.15) is 0 Å². The number of halogens is 1. The second kappa shape index (κ2) is 8.63. The molecule has 1 saturated heterocycles. The molecule has 5 heteroatoms. The van der Waals surface area contributed by atoms with Gasteiger partial charge in [0.1, 0.15) is 6.67 Å². The molecule has 0 bridgehead atoms. The van der Waals surface area contributed by atoms with Crippen LogP contribution in [0.2, 0.25) is 0 Å². The van der Waals surface area contributed by atoms with Gasteiger partial charge in [-0.15, -0.1) is 0 Å². The highest BCUT2D eigenvalue weighted by atomic mass is 19.1. The summed E-state index contributed by atoms with van der Waals surface area (Å²) in [5.74, 6) is 0. The van der Waals surface area contributed by atoms with Crippen LogP contribution in [0.3, 0.4) is 0 Å². The van der Waals surface area contributed by atoms with Crippen molar-refractivity contribution in [1.29, 1.82) is 0 Å². The highest BCUT2D eigenvalue weighted by Gasteiger charge is 2.14. The Kier molecular flexibility index (Phi) is 6.02. The van der Waals surface area contributed by atoms with Gasteiger partial charge in [0.05, 0.1) is 0 Å². The molecule has 1 aromatic carbocycles. The topological polar surface area (TPSA) is 63.0 Å². The molecule has 0 saturated carbocycles. The lowest BCUT2D eigenvalue weighted by atomic mass is 10.0. The van der Waals surface area contributed by atoms with Crippen molar-refractivity contribution in [2.75, 3.05) is 18.4 Å². The first-order chi connectivity index (χ1) is 12.7. The summed E-state index contributed by atoms with van der Waals surface area (Å²) in [6.45, 7) is 5.29. The molecule has 1 aliphatic heterocycles. The van der Waals surface area contributed by atoms with Gasteiger partial charge in [0, 0.05) is 46.7 Å². The summed E-state index contributed by atoms with van der Waals surface area (Å²) in [5, 5.41) is 8.93. The number of allylic oxidation sites excluding steroid dienone is 1. The highest BCUT2D eigenvalue weighted by molar-refractivity contribution is 5.70. The first-order valence-corrected chi connectivity index (χ1v) is 8.91. The quantitative estimate of drug-likeness (QED) is 0.771. The molecule has 3 rings (SSSR count). The van der Waals surface area contributed by atoms with Gasteiger partial charge in [0.15, 0.2) is 0 Å². The maximum atomic E-state index is 13.0. The lowest BCUT2D eigenvalue weighted by Crippen LogP contribution is -2.38. The van der Waals surface area contributed by atoms with E-state index in [1.54, 1.807) is 24.7 Å². The first kappa shape index (κ1) is 18.1. The lowest BCUT2D eigenvalue weighted by Gasteiger charge is -2.25. The number of piperidine rings is 1. The van der Waals surface area contributed by atoms with Crippen LogP contribution in [0.5, 0.6) is 0 Å². The summed E-state index contributed by atoms with van der Waals surface area (Å²) in [6, 6.07) is 6.34. The molecule has 0 spiro atoms. The third kappa shape index (κ3) is 4.11. The molecule has 0 aliphatic carbocycles. The van der Waals surface area contributed by atoms with Crippen LogP contribution in [0.25, 0.3) is 23.4 Å². The van der Waals surface area contributed by atoms with Crippen molar-refractivity contribution in [2.24, 2.45) is 5.73 Å². The van der Waals surface area contributed by atoms with Crippen molar-refractivity contribution in [3.63, 3.8) is 0 Å². The van der Waals surface area contributed by atoms with E-state index in [4.69, 9.17) is 5.73 Å². The fourth-order valence-corrected chi connectivity index (χ4v) is 3.32. The number of hydrogen-bond acceptors (Lipinski definition) is 4. The Hall–Kier alpha value is -2.66. The van der Waals surface area contributed by atoms with Gasteiger partial charge in [0.25, 0.3) is 0 Å². The van der Waals surface area contributed by atoms with Crippen molar-refractivity contribution >= 4 is 18.0 Å². The fourth-order valence-electron chi connectivity index (χ4n) is 3.32. The highest BCUT2D eigenvalue weighted by Crippen LogP contribution is 2.21. The number of nitrogens with two attached hydrogens (primary N) is 1. The van der Waals surface area contributed by atoms with Crippen LogP contribution in [-0.2, 0) is 6.67 Å². The zero-order valence-electron chi connectivity index (χ0n) is 14.8. The van der Waals surface area contributed by atoms with Gasteiger partial charge >= 0.3 is 0 Å². The standard InChI is InChI=1S/C21H25FN4/c1-2-3-16-9-17(18-8-15(11-22)13-25-14-18)10-21(20(16)12-23)26-19-4-6-24-7-5-19/h2-3,8-10,12-14,19,24,26H,1,4-7,11,23H2/b16-3-,20-12+. The van der Waals surface area contributed by atoms with E-state index in [-0.39, 0.29) is 0 Å². The van der Waals surface area contributed by atoms with Gasteiger partial charge in [-0.3, -0.25) is 4.98 Å². The maximum absolute atomic E-state index is 13.0. The smallest absolute Gasteiger partial charge is 0.116 e. The molecule has 136 valence electrons. The molecular weight excluding hydrogens is 327 g/mol. The summed E-state index contributed by atoms with van der Waals surface area (Å²) in [5.41, 5.74) is 9.34. The molecule has 4 N–H and O–H groups in total. The summed E-state index contributed by atoms with van der Waals surface area (Å²) < 4.78 is 13.0. The molecule has 0 radical (unpaired) electrons. The van der Waals surface area contributed by atoms with E-state index >= 15 is 0 Å². The minimum absolute atomic E-state index is 0.400. The van der Waals surface area contributed by atoms with E-state index in [1.807, 2.05) is 18.2 Å². The van der Waals surface area contributed by atoms with E-state index in [1.165, 1.54) is 0 Å². The molecule has 2 heterocycles. The zero-order valence-corrected chi connectivity index (χ0v) is 14.8. The van der Waals surface area contributed by atoms with Gasteiger partial charge in [-0.25, -0.2) is 4.39 Å². The van der Waals surface area contributed by atoms with Crippen LogP contribution in [-0.4, -0.2) is 24.1 Å². The molecule has 1 aliphatic rings. The maximum Gasteiger partial charge on any atom is 0.116 e. The molecule has 0 atom stereocenters. The predicted molar refractivity (Wildman–Crippen MR) is 107 cm³/mol. The van der Waals surface area contributed by atoms with Gasteiger partial charge < -0.3 is 16.4 Å². The molecule has 26 heavy (non-hydrogen) atoms. The average molecular weight is 352 g/mol. The molecule has 1 fully saturated rings. The third-order valence-electron chi connectivity index (χ3n) is 4.66. The van der Waals surface area contributed by atoms with Crippen LogP contribution in [0.15, 0.2) is 43.2 Å². The lowest BCUT2D eigenvalue weighted by molar-refractivity contribution is 0.479. The van der Waals surface area contributed by atoms with Gasteiger partial charge in [-0.05, 0) is 54.9 Å². The normalized spacial score (nSPS) is 16.7. The number of pyridine rings is 1. The first-order valence-electron chi connectivity index (χ1n) is 8.91. The van der Waals surface area contributed by atoms with Crippen molar-refractivity contribution in [3.05, 3.63) is 59.2 Å². The van der Waals surface area contributed by atoms with Crippen LogP contribution < -0.4 is 26.8 Å². The molecule has 2 aromatic rings. The Bertz CT molecular complexity index is 885. The molecule has 0 unspecified atom stereocenters. The minimum Gasteiger partial charge on any atom is -0.404 e. The van der Waals surface area contributed by atoms with Crippen LogP contribution >= 0.6 is 0 Å². The fraction of sp³-hybridized carbons (Fsp3) is 0.286. The SMILES string of the molecule is C=C/C=c1/cc(-c2cncc(CF)c2)cc(NC2CCNCC2)/c1=C/N. The Morgan fingerprint density at radius 1 is 1.23 bits per heavy atom. The summed E-state index contributed by atoms with van der Waals surface area (Å²) in [7, 11) is 0. The number of rotatable bonds is 5. The van der Waals surface area contributed by atoms with E-state index in [0.29, 0.717) is 11.6 Å². The van der Waals surface area contributed by atoms with E-state index in [2.05, 4.69) is 28.3 Å². The molecule has 0 amide bonds. The second-order valence-corrected chi connectivity index (χ2v) is 6.48. The molecule has 1 aromatic heterocycles. The number of nitrogens with one attached hydrogen (secondary N) is 2. The number of benzene rings is 1. The van der Waals surface area contributed by atoms with Crippen molar-refractivity contribution in [2.45, 2.75) is 25.6 Å². The number of hydrogen-bond donors (Lipinski definition) is 3. The zero-order chi connectivity index (χ0) is 18.4. The van der Waals surface area contributed by atoms with E-state index in [9.17, 15) is 4.39 Å². The van der Waals surface area contributed by atoms with Gasteiger partial charge in [-0.1, -0.05) is 18.7 Å². The predicted octanol–water partition coefficient (Wildman–Crippen LogP) is 2.05. The van der Waals surface area contributed by atoms with Crippen molar-refractivity contribution in [3.8, 4) is 11.1 Å². The van der Waals surface area contributed by atoms with Crippen LogP contribution in [0, 0.1) is 0 Å². The van der Waals surface area contributed by atoms with E-state index < -0.39 is 6.67 Å². The molecular formula is C21H25FN4. The Balaban J connectivity index is 2.10. The summed E-state index contributed by atoms with van der Waals surface area (Å²) >= 11 is 0. The number of anilines is 1. The monoisotopic (exact) mass is 352 g/mol. The van der Waals surface area contributed by atoms with Crippen molar-refractivity contribution < 1.29 is 4.39 Å². The minimum atomic E-state index is -0.526. The summed E-state index contributed by atoms with van der Waals surface area (Å²) in [6.07, 6.45) is 10.7.